The summed E-state index contributed by atoms with van der Waals surface area (Å²) in [5.41, 5.74) is -4.30. The third-order valence-electron chi connectivity index (χ3n) is 14.9. The molecule has 0 spiro atoms. The Morgan fingerprint density at radius 3 is 1.19 bits per heavy atom. The van der Waals surface area contributed by atoms with Gasteiger partial charge in [0.15, 0.2) is 93.4 Å². The van der Waals surface area contributed by atoms with Gasteiger partial charge in [0.1, 0.15) is 57.8 Å². The van der Waals surface area contributed by atoms with Gasteiger partial charge in [0, 0.05) is 69.6 Å². The second kappa shape index (κ2) is 20.5. The fraction of sp³-hybridized carbons (Fsp3) is 0.153. The number of aliphatic hydroxyl groups is 1. The third-order valence-corrected chi connectivity index (χ3v) is 14.9. The molecule has 0 aromatic heterocycles. The van der Waals surface area contributed by atoms with Crippen molar-refractivity contribution in [1.82, 2.24) is 0 Å². The number of esters is 2. The lowest BCUT2D eigenvalue weighted by atomic mass is 9.73. The molecule has 0 unspecified atom stereocenters. The minimum absolute atomic E-state index is 0.00381. The van der Waals surface area contributed by atoms with Gasteiger partial charge in [0.05, 0.1) is 29.1 Å². The van der Waals surface area contributed by atoms with E-state index < -0.39 is 221 Å². The van der Waals surface area contributed by atoms with Crippen LogP contribution in [0.25, 0.3) is 0 Å². The number of carbonyl (C=O) groups excluding carboxylic acids is 2. The van der Waals surface area contributed by atoms with Crippen LogP contribution in [-0.2, 0) is 15.9 Å². The maximum Gasteiger partial charge on any atom is 0.338 e. The zero-order valence-corrected chi connectivity index (χ0v) is 43.0. The SMILES string of the molecule is O=C(O[C@@H]1[C@@H](c2c(O)cc(O)c3c2O[C@@H](c2ccc(O)c(O)c2)[C@@H](OC(=O)c2cc(O)c(O)c(O)c2)[C@@H]3c2c(O)cc(O)c3c2O[C@@H](c2ccc(O)c(O)c2)[C@@H](O)C3)c2c(O)cc(O)cc2O[C@@H]1c1ccc(O)c(O)c1)c1cc(O)c(O)c(O)c1. The quantitative estimate of drug-likeness (QED) is 0.0548. The molecule has 8 aromatic rings. The van der Waals surface area contributed by atoms with E-state index in [1.54, 1.807) is 0 Å². The van der Waals surface area contributed by atoms with Crippen LogP contribution in [0.3, 0.4) is 0 Å². The molecule has 0 amide bonds. The predicted octanol–water partition coefficient (Wildman–Crippen LogP) is 6.41. The van der Waals surface area contributed by atoms with Crippen LogP contribution < -0.4 is 14.2 Å². The summed E-state index contributed by atoms with van der Waals surface area (Å²) >= 11 is 0. The molecule has 438 valence electrons. The summed E-state index contributed by atoms with van der Waals surface area (Å²) in [4.78, 5) is 29.3. The first kappa shape index (κ1) is 55.4. The van der Waals surface area contributed by atoms with Gasteiger partial charge in [-0.15, -0.1) is 0 Å². The highest BCUT2D eigenvalue weighted by Crippen LogP contribution is 2.63. The van der Waals surface area contributed by atoms with Gasteiger partial charge < -0.3 is 121 Å². The van der Waals surface area contributed by atoms with E-state index in [4.69, 9.17) is 23.7 Å². The van der Waals surface area contributed by atoms with E-state index in [0.717, 1.165) is 60.7 Å². The Balaban J connectivity index is 1.24. The molecule has 3 aliphatic rings. The van der Waals surface area contributed by atoms with Crippen LogP contribution >= 0.6 is 0 Å². The minimum Gasteiger partial charge on any atom is -0.508 e. The monoisotopic (exact) mass is 1170 g/mol. The van der Waals surface area contributed by atoms with Crippen LogP contribution in [0.4, 0.5) is 0 Å². The maximum absolute atomic E-state index is 14.7. The lowest BCUT2D eigenvalue weighted by Crippen LogP contribution is -2.42. The fourth-order valence-electron chi connectivity index (χ4n) is 11.0. The number of rotatable bonds is 9. The molecule has 0 radical (unpaired) electrons. The molecular weight excluding hydrogens is 1120 g/mol. The molecule has 19 N–H and O–H groups in total. The summed E-state index contributed by atoms with van der Waals surface area (Å²) in [6.45, 7) is 0. The largest absolute Gasteiger partial charge is 0.508 e. The number of benzene rings is 8. The number of phenols is 18. The highest BCUT2D eigenvalue weighted by Gasteiger charge is 2.54. The molecule has 85 heavy (non-hydrogen) atoms. The average molecular weight is 1170 g/mol. The molecule has 0 bridgehead atoms. The Hall–Kier alpha value is -11.5. The molecular formula is C59H46O26. The minimum atomic E-state index is -2.15. The Morgan fingerprint density at radius 2 is 0.741 bits per heavy atom. The lowest BCUT2D eigenvalue weighted by Gasteiger charge is -2.44. The second-order valence-electron chi connectivity index (χ2n) is 20.1. The molecule has 0 saturated heterocycles. The molecule has 26 heteroatoms. The standard InChI is InChI=1S/C59H46O26/c60-24-14-33(68)43-42(15-24)81-52(20-2-5-27(62)31(66)8-20)56(84-58(79)22-10-37(72)49(77)38(73)11-22)47(43)45-35(70)18-36(71)46-48(44-34(69)17-29(64)25-16-41(76)51(82-54(25)44)19-1-4-26(61)30(65)7-19)57(85-59(80)23-12-39(74)50(78)40(75)13-23)53(83-55(45)46)21-3-6-28(63)32(67)9-21/h1-15,17-18,41,47-48,51-53,56-57,60-78H,16H2/t41-,47+,48+,51-,52+,53-,56+,57-/m0/s1. The van der Waals surface area contributed by atoms with Crippen molar-refractivity contribution in [2.45, 2.75) is 54.9 Å². The number of fused-ring (bicyclic) bond motifs is 3. The number of phenolic OH excluding ortho intramolecular Hbond substituents is 18. The molecule has 11 rings (SSSR count). The first-order valence-electron chi connectivity index (χ1n) is 25.2. The van der Waals surface area contributed by atoms with E-state index in [1.807, 2.05) is 0 Å². The highest BCUT2D eigenvalue weighted by molar-refractivity contribution is 5.92. The van der Waals surface area contributed by atoms with E-state index >= 15 is 0 Å². The van der Waals surface area contributed by atoms with Crippen LogP contribution in [0.5, 0.6) is 121 Å². The van der Waals surface area contributed by atoms with Crippen molar-refractivity contribution >= 4 is 11.9 Å². The van der Waals surface area contributed by atoms with Gasteiger partial charge in [-0.2, -0.15) is 0 Å². The number of hydrogen-bond donors (Lipinski definition) is 19. The van der Waals surface area contributed by atoms with E-state index in [2.05, 4.69) is 0 Å². The molecule has 0 fully saturated rings. The topological polar surface area (TPSA) is 465 Å². The Morgan fingerprint density at radius 1 is 0.365 bits per heavy atom. The Bertz CT molecular complexity index is 4060. The zero-order chi connectivity index (χ0) is 60.9. The van der Waals surface area contributed by atoms with E-state index in [9.17, 15) is 107 Å². The summed E-state index contributed by atoms with van der Waals surface area (Å²) < 4.78 is 32.1. The van der Waals surface area contributed by atoms with Gasteiger partial charge in [-0.25, -0.2) is 9.59 Å². The molecule has 8 aromatic carbocycles. The van der Waals surface area contributed by atoms with Crippen LogP contribution in [-0.4, -0.2) is 127 Å². The van der Waals surface area contributed by atoms with Crippen molar-refractivity contribution in [2.75, 3.05) is 0 Å². The second-order valence-corrected chi connectivity index (χ2v) is 20.1. The molecule has 3 heterocycles. The summed E-state index contributed by atoms with van der Waals surface area (Å²) in [6, 6.07) is 15.5. The van der Waals surface area contributed by atoms with E-state index in [-0.39, 0.29) is 22.3 Å². The summed E-state index contributed by atoms with van der Waals surface area (Å²) in [5.74, 6) is -24.3. The number of aliphatic hydroxyl groups excluding tert-OH is 1. The lowest BCUT2D eigenvalue weighted by molar-refractivity contribution is -0.0339. The first-order valence-corrected chi connectivity index (χ1v) is 25.2. The normalized spacial score (nSPS) is 20.3. The molecule has 0 saturated carbocycles. The molecule has 0 aliphatic carbocycles. The van der Waals surface area contributed by atoms with Crippen LogP contribution in [0, 0.1) is 0 Å². The highest BCUT2D eigenvalue weighted by atomic mass is 16.6. The molecule has 8 atom stereocenters. The van der Waals surface area contributed by atoms with Gasteiger partial charge >= 0.3 is 11.9 Å². The first-order chi connectivity index (χ1) is 40.3. The molecule has 3 aliphatic heterocycles. The average Bonchev–Trinajstić information content (AvgIpc) is 0.793. The fourth-order valence-corrected chi connectivity index (χ4v) is 11.0. The number of hydrogen-bond acceptors (Lipinski definition) is 26. The summed E-state index contributed by atoms with van der Waals surface area (Å²) in [7, 11) is 0. The van der Waals surface area contributed by atoms with Crippen molar-refractivity contribution in [3.8, 4) is 121 Å². The maximum atomic E-state index is 14.7. The smallest absolute Gasteiger partial charge is 0.338 e. The van der Waals surface area contributed by atoms with Crippen LogP contribution in [0.1, 0.15) is 95.4 Å². The van der Waals surface area contributed by atoms with Gasteiger partial charge in [0.2, 0.25) is 0 Å². The van der Waals surface area contributed by atoms with Crippen LogP contribution in [0.2, 0.25) is 0 Å². The third kappa shape index (κ3) is 9.42. The van der Waals surface area contributed by atoms with Gasteiger partial charge in [-0.3, -0.25) is 0 Å². The summed E-state index contributed by atoms with van der Waals surface area (Å²) in [6.07, 6.45) is -11.8. The van der Waals surface area contributed by atoms with E-state index in [1.165, 1.54) is 12.1 Å². The van der Waals surface area contributed by atoms with Crippen molar-refractivity contribution < 1.29 is 130 Å². The summed E-state index contributed by atoms with van der Waals surface area (Å²) in [5, 5.41) is 210. The van der Waals surface area contributed by atoms with Crippen molar-refractivity contribution in [3.63, 3.8) is 0 Å². The van der Waals surface area contributed by atoms with Crippen molar-refractivity contribution in [3.05, 3.63) is 159 Å². The van der Waals surface area contributed by atoms with Gasteiger partial charge in [-0.05, 0) is 66.2 Å². The number of ether oxygens (including phenoxy) is 5. The zero-order valence-electron chi connectivity index (χ0n) is 43.0. The predicted molar refractivity (Wildman–Crippen MR) is 283 cm³/mol. The van der Waals surface area contributed by atoms with Crippen molar-refractivity contribution in [2.24, 2.45) is 0 Å². The van der Waals surface area contributed by atoms with Gasteiger partial charge in [0.25, 0.3) is 0 Å². The Kier molecular flexibility index (Phi) is 13.3. The van der Waals surface area contributed by atoms with Gasteiger partial charge in [-0.1, -0.05) is 18.2 Å². The number of carbonyl (C=O) groups is 2. The van der Waals surface area contributed by atoms with E-state index in [0.29, 0.717) is 30.3 Å². The Labute approximate surface area is 475 Å². The molecule has 26 nitrogen and oxygen atoms in total. The van der Waals surface area contributed by atoms with Crippen molar-refractivity contribution in [1.29, 1.82) is 0 Å². The number of aromatic hydroxyl groups is 18. The van der Waals surface area contributed by atoms with Crippen LogP contribution in [0.15, 0.2) is 103 Å².